The number of aryl methyl sites for hydroxylation is 2. The molecule has 7 nitrogen and oxygen atoms in total. The van der Waals surface area contributed by atoms with Gasteiger partial charge in [-0.05, 0) is 37.1 Å². The first kappa shape index (κ1) is 18.5. The summed E-state index contributed by atoms with van der Waals surface area (Å²) in [7, 11) is 0. The Balaban J connectivity index is 2.12. The number of carbonyl (C=O) groups excluding carboxylic acids is 2. The van der Waals surface area contributed by atoms with Crippen LogP contribution in [0.5, 0.6) is 5.75 Å². The summed E-state index contributed by atoms with van der Waals surface area (Å²) in [6, 6.07) is 9.40. The highest BCUT2D eigenvalue weighted by Gasteiger charge is 2.19. The third kappa shape index (κ3) is 4.57. The number of nitro groups is 1. The SMILES string of the molecule is Cc1cccc(C)c1OC(=O)CSc1ccc(C(N)=O)cc1[N+](=O)[O-]. The summed E-state index contributed by atoms with van der Waals surface area (Å²) in [5.41, 5.74) is 6.54. The van der Waals surface area contributed by atoms with Gasteiger partial charge in [0.1, 0.15) is 5.75 Å². The molecule has 2 aromatic carbocycles. The van der Waals surface area contributed by atoms with E-state index in [-0.39, 0.29) is 21.9 Å². The first-order valence-electron chi connectivity index (χ1n) is 7.27. The third-order valence-electron chi connectivity index (χ3n) is 3.41. The Hall–Kier alpha value is -2.87. The van der Waals surface area contributed by atoms with Gasteiger partial charge in [0.25, 0.3) is 5.69 Å². The summed E-state index contributed by atoms with van der Waals surface area (Å²) in [5, 5.41) is 11.1. The predicted molar refractivity (Wildman–Crippen MR) is 93.9 cm³/mol. The molecule has 25 heavy (non-hydrogen) atoms. The lowest BCUT2D eigenvalue weighted by atomic mass is 10.1. The summed E-state index contributed by atoms with van der Waals surface area (Å²) in [4.78, 5) is 34.0. The Bertz CT molecular complexity index is 831. The summed E-state index contributed by atoms with van der Waals surface area (Å²) in [6.07, 6.45) is 0. The summed E-state index contributed by atoms with van der Waals surface area (Å²) < 4.78 is 5.36. The number of hydrogen-bond acceptors (Lipinski definition) is 6. The molecule has 0 atom stereocenters. The zero-order valence-electron chi connectivity index (χ0n) is 13.6. The monoisotopic (exact) mass is 360 g/mol. The molecule has 0 unspecified atom stereocenters. The molecule has 0 aromatic heterocycles. The number of benzene rings is 2. The molecule has 0 spiro atoms. The van der Waals surface area contributed by atoms with Crippen molar-refractivity contribution in [2.45, 2.75) is 18.7 Å². The first-order chi connectivity index (χ1) is 11.8. The van der Waals surface area contributed by atoms with Crippen molar-refractivity contribution >= 4 is 29.3 Å². The van der Waals surface area contributed by atoms with Crippen molar-refractivity contribution in [2.75, 3.05) is 5.75 Å². The molecule has 0 saturated heterocycles. The van der Waals surface area contributed by atoms with Crippen molar-refractivity contribution in [1.29, 1.82) is 0 Å². The summed E-state index contributed by atoms with van der Waals surface area (Å²) in [6.45, 7) is 3.66. The van der Waals surface area contributed by atoms with Crippen LogP contribution in [-0.4, -0.2) is 22.6 Å². The third-order valence-corrected chi connectivity index (χ3v) is 4.45. The fraction of sp³-hybridized carbons (Fsp3) is 0.176. The quantitative estimate of drug-likeness (QED) is 0.278. The van der Waals surface area contributed by atoms with Gasteiger partial charge in [-0.2, -0.15) is 0 Å². The zero-order chi connectivity index (χ0) is 18.6. The van der Waals surface area contributed by atoms with Gasteiger partial charge in [-0.3, -0.25) is 19.7 Å². The van der Waals surface area contributed by atoms with Gasteiger partial charge in [-0.15, -0.1) is 11.8 Å². The van der Waals surface area contributed by atoms with E-state index in [1.54, 1.807) is 0 Å². The van der Waals surface area contributed by atoms with Crippen LogP contribution >= 0.6 is 11.8 Å². The van der Waals surface area contributed by atoms with Crippen molar-refractivity contribution in [1.82, 2.24) is 0 Å². The van der Waals surface area contributed by atoms with E-state index in [0.29, 0.717) is 5.75 Å². The molecule has 8 heteroatoms. The van der Waals surface area contributed by atoms with Crippen LogP contribution in [0.25, 0.3) is 0 Å². The van der Waals surface area contributed by atoms with E-state index < -0.39 is 16.8 Å². The number of primary amides is 1. The van der Waals surface area contributed by atoms with Crippen LogP contribution in [0.4, 0.5) is 5.69 Å². The van der Waals surface area contributed by atoms with E-state index in [2.05, 4.69) is 0 Å². The van der Waals surface area contributed by atoms with Crippen molar-refractivity contribution in [3.05, 3.63) is 63.2 Å². The number of nitro benzene ring substituents is 1. The summed E-state index contributed by atoms with van der Waals surface area (Å²) >= 11 is 0.967. The number of hydrogen-bond donors (Lipinski definition) is 1. The largest absolute Gasteiger partial charge is 0.425 e. The van der Waals surface area contributed by atoms with Gasteiger partial charge in [0, 0.05) is 11.6 Å². The number of amides is 1. The van der Waals surface area contributed by atoms with Crippen LogP contribution in [0.3, 0.4) is 0 Å². The number of carbonyl (C=O) groups is 2. The van der Waals surface area contributed by atoms with E-state index in [1.165, 1.54) is 12.1 Å². The number of esters is 1. The Kier molecular flexibility index (Phi) is 5.76. The maximum atomic E-state index is 12.1. The molecule has 1 amide bonds. The Labute approximate surface area is 148 Å². The number of nitrogens with zero attached hydrogens (tertiary/aromatic N) is 1. The lowest BCUT2D eigenvalue weighted by molar-refractivity contribution is -0.387. The maximum Gasteiger partial charge on any atom is 0.321 e. The number of rotatable bonds is 6. The Morgan fingerprint density at radius 3 is 2.40 bits per heavy atom. The highest BCUT2D eigenvalue weighted by Crippen LogP contribution is 2.30. The van der Waals surface area contributed by atoms with Crippen molar-refractivity contribution < 1.29 is 19.2 Å². The fourth-order valence-electron chi connectivity index (χ4n) is 2.18. The second-order valence-corrected chi connectivity index (χ2v) is 6.30. The molecule has 0 aliphatic heterocycles. The highest BCUT2D eigenvalue weighted by molar-refractivity contribution is 8.00. The minimum Gasteiger partial charge on any atom is -0.425 e. The average Bonchev–Trinajstić information content (AvgIpc) is 2.56. The van der Waals surface area contributed by atoms with E-state index in [0.717, 1.165) is 29.0 Å². The van der Waals surface area contributed by atoms with Crippen LogP contribution in [0.15, 0.2) is 41.3 Å². The van der Waals surface area contributed by atoms with Gasteiger partial charge in [0.2, 0.25) is 5.91 Å². The molecule has 0 aliphatic carbocycles. The van der Waals surface area contributed by atoms with Crippen LogP contribution in [-0.2, 0) is 4.79 Å². The topological polar surface area (TPSA) is 113 Å². The van der Waals surface area contributed by atoms with Gasteiger partial charge in [0.05, 0.1) is 15.6 Å². The number of ether oxygens (including phenoxy) is 1. The zero-order valence-corrected chi connectivity index (χ0v) is 14.5. The minimum atomic E-state index is -0.755. The molecule has 2 aromatic rings. The lowest BCUT2D eigenvalue weighted by Crippen LogP contribution is -2.13. The van der Waals surface area contributed by atoms with Crippen molar-refractivity contribution in [3.63, 3.8) is 0 Å². The van der Waals surface area contributed by atoms with E-state index in [9.17, 15) is 19.7 Å². The Morgan fingerprint density at radius 1 is 1.20 bits per heavy atom. The van der Waals surface area contributed by atoms with Gasteiger partial charge >= 0.3 is 5.97 Å². The van der Waals surface area contributed by atoms with Gasteiger partial charge in [0.15, 0.2) is 0 Å². The molecule has 0 heterocycles. The van der Waals surface area contributed by atoms with Crippen LogP contribution in [0.2, 0.25) is 0 Å². The smallest absolute Gasteiger partial charge is 0.321 e. The number of para-hydroxylation sites is 1. The fourth-order valence-corrected chi connectivity index (χ4v) is 2.95. The van der Waals surface area contributed by atoms with Gasteiger partial charge < -0.3 is 10.5 Å². The van der Waals surface area contributed by atoms with Gasteiger partial charge in [-0.25, -0.2) is 0 Å². The van der Waals surface area contributed by atoms with Gasteiger partial charge in [-0.1, -0.05) is 18.2 Å². The van der Waals surface area contributed by atoms with Crippen molar-refractivity contribution in [3.8, 4) is 5.75 Å². The number of nitrogens with two attached hydrogens (primary N) is 1. The molecule has 2 rings (SSSR count). The van der Waals surface area contributed by atoms with Crippen LogP contribution in [0, 0.1) is 24.0 Å². The normalized spacial score (nSPS) is 10.3. The molecule has 0 bridgehead atoms. The van der Waals surface area contributed by atoms with E-state index in [1.807, 2.05) is 32.0 Å². The average molecular weight is 360 g/mol. The molecular weight excluding hydrogens is 344 g/mol. The molecule has 0 aliphatic rings. The second kappa shape index (κ2) is 7.80. The summed E-state index contributed by atoms with van der Waals surface area (Å²) in [5.74, 6) is -0.888. The first-order valence-corrected chi connectivity index (χ1v) is 8.26. The molecule has 0 radical (unpaired) electrons. The Morgan fingerprint density at radius 2 is 1.84 bits per heavy atom. The van der Waals surface area contributed by atoms with Crippen LogP contribution < -0.4 is 10.5 Å². The minimum absolute atomic E-state index is 0.0363. The second-order valence-electron chi connectivity index (χ2n) is 5.29. The molecular formula is C17H16N2O5S. The molecule has 2 N–H and O–H groups in total. The van der Waals surface area contributed by atoms with Crippen LogP contribution in [0.1, 0.15) is 21.5 Å². The van der Waals surface area contributed by atoms with Crippen molar-refractivity contribution in [2.24, 2.45) is 5.73 Å². The lowest BCUT2D eigenvalue weighted by Gasteiger charge is -2.10. The van der Waals surface area contributed by atoms with E-state index in [4.69, 9.17) is 10.5 Å². The predicted octanol–water partition coefficient (Wildman–Crippen LogP) is 3.01. The molecule has 130 valence electrons. The standard InChI is InChI=1S/C17H16N2O5S/c1-10-4-3-5-11(2)16(10)24-15(20)9-25-14-7-6-12(17(18)21)8-13(14)19(22)23/h3-8H,9H2,1-2H3,(H2,18,21). The van der Waals surface area contributed by atoms with E-state index >= 15 is 0 Å². The molecule has 0 saturated carbocycles. The number of thioether (sulfide) groups is 1. The molecule has 0 fully saturated rings. The maximum absolute atomic E-state index is 12.1. The highest BCUT2D eigenvalue weighted by atomic mass is 32.2.